The van der Waals surface area contributed by atoms with Crippen LogP contribution in [0.2, 0.25) is 0 Å². The lowest BCUT2D eigenvalue weighted by molar-refractivity contribution is -0.126. The van der Waals surface area contributed by atoms with Crippen molar-refractivity contribution in [2.75, 3.05) is 27.7 Å². The molecule has 0 fully saturated rings. The number of nitrogens with two attached hydrogens (primary N) is 1. The number of nitrogens with one attached hydrogen (secondary N) is 1. The summed E-state index contributed by atoms with van der Waals surface area (Å²) in [5, 5.41) is 2.98. The van der Waals surface area contributed by atoms with Crippen LogP contribution in [0.1, 0.15) is 38.3 Å². The molecular formula is C17H29N3O2. The summed E-state index contributed by atoms with van der Waals surface area (Å²) in [7, 11) is 5.63. The van der Waals surface area contributed by atoms with E-state index in [0.29, 0.717) is 13.0 Å². The van der Waals surface area contributed by atoms with Gasteiger partial charge in [0.15, 0.2) is 0 Å². The summed E-state index contributed by atoms with van der Waals surface area (Å²) in [6, 6.07) is 7.96. The van der Waals surface area contributed by atoms with E-state index in [1.54, 1.807) is 14.0 Å². The molecule has 3 N–H and O–H groups in total. The summed E-state index contributed by atoms with van der Waals surface area (Å²) in [5.74, 6) is 0.703. The average Bonchev–Trinajstić information content (AvgIpc) is 2.47. The lowest BCUT2D eigenvalue weighted by Gasteiger charge is -2.28. The summed E-state index contributed by atoms with van der Waals surface area (Å²) in [6.45, 7) is 4.31. The second-order valence-electron chi connectivity index (χ2n) is 6.13. The molecule has 0 aliphatic heterocycles. The molecule has 0 aliphatic rings. The van der Waals surface area contributed by atoms with Gasteiger partial charge in [0.05, 0.1) is 18.7 Å². The van der Waals surface area contributed by atoms with Gasteiger partial charge in [-0.1, -0.05) is 25.5 Å². The minimum absolute atomic E-state index is 0.0662. The standard InChI is InChI=1S/C17H29N3O2/c1-6-10-17(2,18)16(21)19-12-15(20(3)4)13-8-7-9-14(11-13)22-5/h7-9,11,15H,6,10,12,18H2,1-5H3,(H,19,21). The van der Waals surface area contributed by atoms with Gasteiger partial charge >= 0.3 is 0 Å². The molecule has 0 radical (unpaired) electrons. The Balaban J connectivity index is 2.79. The Morgan fingerprint density at radius 3 is 2.68 bits per heavy atom. The number of ether oxygens (including phenoxy) is 1. The van der Waals surface area contributed by atoms with E-state index in [0.717, 1.165) is 17.7 Å². The fourth-order valence-electron chi connectivity index (χ4n) is 2.47. The molecule has 1 aromatic carbocycles. The van der Waals surface area contributed by atoms with E-state index >= 15 is 0 Å². The maximum atomic E-state index is 12.3. The van der Waals surface area contributed by atoms with Crippen LogP contribution in [-0.4, -0.2) is 44.1 Å². The molecule has 0 heterocycles. The number of hydrogen-bond donors (Lipinski definition) is 2. The third-order valence-electron chi connectivity index (χ3n) is 3.85. The normalized spacial score (nSPS) is 15.2. The zero-order valence-corrected chi connectivity index (χ0v) is 14.3. The predicted molar refractivity (Wildman–Crippen MR) is 89.9 cm³/mol. The molecule has 124 valence electrons. The van der Waals surface area contributed by atoms with E-state index in [4.69, 9.17) is 10.5 Å². The molecule has 0 aliphatic carbocycles. The van der Waals surface area contributed by atoms with E-state index in [1.165, 1.54) is 0 Å². The largest absolute Gasteiger partial charge is 0.497 e. The molecule has 5 nitrogen and oxygen atoms in total. The van der Waals surface area contributed by atoms with Gasteiger partial charge < -0.3 is 20.7 Å². The fourth-order valence-corrected chi connectivity index (χ4v) is 2.47. The molecule has 5 heteroatoms. The average molecular weight is 307 g/mol. The first-order valence-electron chi connectivity index (χ1n) is 7.69. The van der Waals surface area contributed by atoms with Crippen LogP contribution in [0.4, 0.5) is 0 Å². The highest BCUT2D eigenvalue weighted by Gasteiger charge is 2.28. The molecule has 22 heavy (non-hydrogen) atoms. The smallest absolute Gasteiger partial charge is 0.239 e. The van der Waals surface area contributed by atoms with Crippen molar-refractivity contribution in [1.82, 2.24) is 10.2 Å². The summed E-state index contributed by atoms with van der Waals surface area (Å²) >= 11 is 0. The molecule has 0 saturated heterocycles. The van der Waals surface area contributed by atoms with Crippen molar-refractivity contribution < 1.29 is 9.53 Å². The molecular weight excluding hydrogens is 278 g/mol. The number of likely N-dealkylation sites (N-methyl/N-ethyl adjacent to an activating group) is 1. The number of amides is 1. The molecule has 2 unspecified atom stereocenters. The summed E-state index contributed by atoms with van der Waals surface area (Å²) < 4.78 is 5.27. The van der Waals surface area contributed by atoms with Crippen LogP contribution in [0.25, 0.3) is 0 Å². The second kappa shape index (κ2) is 8.15. The zero-order chi connectivity index (χ0) is 16.8. The van der Waals surface area contributed by atoms with Crippen molar-refractivity contribution in [2.24, 2.45) is 5.73 Å². The van der Waals surface area contributed by atoms with Crippen LogP contribution in [0.3, 0.4) is 0 Å². The predicted octanol–water partition coefficient (Wildman–Crippen LogP) is 1.93. The molecule has 1 rings (SSSR count). The van der Waals surface area contributed by atoms with Crippen LogP contribution in [0.5, 0.6) is 5.75 Å². The Morgan fingerprint density at radius 1 is 1.45 bits per heavy atom. The van der Waals surface area contributed by atoms with E-state index in [-0.39, 0.29) is 11.9 Å². The lowest BCUT2D eigenvalue weighted by Crippen LogP contribution is -2.52. The van der Waals surface area contributed by atoms with Gasteiger partial charge in [0.1, 0.15) is 5.75 Å². The Morgan fingerprint density at radius 2 is 2.14 bits per heavy atom. The van der Waals surface area contributed by atoms with Gasteiger partial charge in [0.2, 0.25) is 5.91 Å². The number of methoxy groups -OCH3 is 1. The monoisotopic (exact) mass is 307 g/mol. The minimum Gasteiger partial charge on any atom is -0.497 e. The highest BCUT2D eigenvalue weighted by atomic mass is 16.5. The van der Waals surface area contributed by atoms with Crippen molar-refractivity contribution in [3.8, 4) is 5.75 Å². The van der Waals surface area contributed by atoms with Crippen molar-refractivity contribution in [3.63, 3.8) is 0 Å². The fraction of sp³-hybridized carbons (Fsp3) is 0.588. The highest BCUT2D eigenvalue weighted by molar-refractivity contribution is 5.85. The Labute approximate surface area is 133 Å². The quantitative estimate of drug-likeness (QED) is 0.770. The Bertz CT molecular complexity index is 487. The van der Waals surface area contributed by atoms with Gasteiger partial charge in [0, 0.05) is 6.54 Å². The first-order chi connectivity index (χ1) is 10.3. The Hall–Kier alpha value is -1.59. The molecule has 0 saturated carbocycles. The van der Waals surface area contributed by atoms with Crippen molar-refractivity contribution in [2.45, 2.75) is 38.3 Å². The number of nitrogens with zero attached hydrogens (tertiary/aromatic N) is 1. The Kier molecular flexibility index (Phi) is 6.84. The van der Waals surface area contributed by atoms with E-state index in [9.17, 15) is 4.79 Å². The summed E-state index contributed by atoms with van der Waals surface area (Å²) in [5.41, 5.74) is 6.35. The highest BCUT2D eigenvalue weighted by Crippen LogP contribution is 2.22. The van der Waals surface area contributed by atoms with Crippen molar-refractivity contribution in [3.05, 3.63) is 29.8 Å². The van der Waals surface area contributed by atoms with Gasteiger partial charge in [-0.15, -0.1) is 0 Å². The molecule has 1 aromatic rings. The molecule has 1 amide bonds. The lowest BCUT2D eigenvalue weighted by atomic mass is 9.96. The summed E-state index contributed by atoms with van der Waals surface area (Å²) in [4.78, 5) is 14.3. The number of carbonyl (C=O) groups excluding carboxylic acids is 1. The van der Waals surface area contributed by atoms with Crippen LogP contribution >= 0.6 is 0 Å². The van der Waals surface area contributed by atoms with Gasteiger partial charge in [0.25, 0.3) is 0 Å². The van der Waals surface area contributed by atoms with Crippen LogP contribution in [-0.2, 0) is 4.79 Å². The second-order valence-corrected chi connectivity index (χ2v) is 6.13. The number of benzene rings is 1. The summed E-state index contributed by atoms with van der Waals surface area (Å²) in [6.07, 6.45) is 1.55. The molecule has 2 atom stereocenters. The molecule has 0 bridgehead atoms. The zero-order valence-electron chi connectivity index (χ0n) is 14.3. The third kappa shape index (κ3) is 5.00. The molecule has 0 spiro atoms. The van der Waals surface area contributed by atoms with E-state index in [1.807, 2.05) is 45.3 Å². The van der Waals surface area contributed by atoms with E-state index in [2.05, 4.69) is 10.2 Å². The van der Waals surface area contributed by atoms with Crippen LogP contribution in [0, 0.1) is 0 Å². The first kappa shape index (κ1) is 18.5. The van der Waals surface area contributed by atoms with Gasteiger partial charge in [-0.2, -0.15) is 0 Å². The topological polar surface area (TPSA) is 67.6 Å². The number of carbonyl (C=O) groups is 1. The number of rotatable bonds is 8. The van der Waals surface area contributed by atoms with Crippen LogP contribution in [0.15, 0.2) is 24.3 Å². The third-order valence-corrected chi connectivity index (χ3v) is 3.85. The van der Waals surface area contributed by atoms with Crippen molar-refractivity contribution >= 4 is 5.91 Å². The minimum atomic E-state index is -0.819. The van der Waals surface area contributed by atoms with Gasteiger partial charge in [-0.3, -0.25) is 4.79 Å². The first-order valence-corrected chi connectivity index (χ1v) is 7.69. The maximum Gasteiger partial charge on any atom is 0.239 e. The van der Waals surface area contributed by atoms with E-state index < -0.39 is 5.54 Å². The number of hydrogen-bond acceptors (Lipinski definition) is 4. The maximum absolute atomic E-state index is 12.3. The van der Waals surface area contributed by atoms with Crippen molar-refractivity contribution in [1.29, 1.82) is 0 Å². The van der Waals surface area contributed by atoms with Gasteiger partial charge in [-0.25, -0.2) is 0 Å². The van der Waals surface area contributed by atoms with Crippen LogP contribution < -0.4 is 15.8 Å². The molecule has 0 aromatic heterocycles. The van der Waals surface area contributed by atoms with Gasteiger partial charge in [-0.05, 0) is 45.1 Å². The SMILES string of the molecule is CCCC(C)(N)C(=O)NCC(c1cccc(OC)c1)N(C)C.